The molecule has 0 saturated heterocycles. The Morgan fingerprint density at radius 3 is 1.75 bits per heavy atom. The molecule has 1 nitrogen and oxygen atoms in total. The summed E-state index contributed by atoms with van der Waals surface area (Å²) in [7, 11) is 0. The van der Waals surface area contributed by atoms with Gasteiger partial charge in [-0.1, -0.05) is 67.7 Å². The molecule has 0 radical (unpaired) electrons. The number of carbonyl (C=O) groups is 1. The monoisotopic (exact) mass is 228 g/mol. The van der Waals surface area contributed by atoms with Gasteiger partial charge in [0.1, 0.15) is 6.29 Å². The second kappa shape index (κ2) is 9.86. The minimum atomic E-state index is 0.500. The summed E-state index contributed by atoms with van der Waals surface area (Å²) in [6.45, 7) is 15.6. The molecule has 0 aliphatic carbocycles. The first kappa shape index (κ1) is 18.0. The summed E-state index contributed by atoms with van der Waals surface area (Å²) in [6, 6.07) is 0. The normalized spacial score (nSPS) is 13.0. The number of rotatable bonds is 5. The molecule has 1 unspecified atom stereocenters. The Morgan fingerprint density at radius 1 is 1.12 bits per heavy atom. The minimum Gasteiger partial charge on any atom is -0.303 e. The number of hydrogen-bond acceptors (Lipinski definition) is 1. The highest BCUT2D eigenvalue weighted by Gasteiger charge is 2.13. The molecule has 0 fully saturated rings. The molecule has 1 heteroatoms. The first-order valence-electron chi connectivity index (χ1n) is 6.73. The highest BCUT2D eigenvalue weighted by atomic mass is 16.1. The van der Waals surface area contributed by atoms with Crippen molar-refractivity contribution in [2.45, 2.75) is 74.1 Å². The third kappa shape index (κ3) is 11.7. The molecule has 0 spiro atoms. The van der Waals surface area contributed by atoms with E-state index in [1.165, 1.54) is 12.8 Å². The van der Waals surface area contributed by atoms with Gasteiger partial charge in [0.05, 0.1) is 0 Å². The fraction of sp³-hybridized carbons (Fsp3) is 0.933. The molecule has 0 aliphatic rings. The minimum absolute atomic E-state index is 0.500. The van der Waals surface area contributed by atoms with E-state index < -0.39 is 0 Å². The quantitative estimate of drug-likeness (QED) is 0.599. The van der Waals surface area contributed by atoms with Gasteiger partial charge >= 0.3 is 0 Å². The molecular formula is C15H32O. The highest BCUT2D eigenvalue weighted by molar-refractivity contribution is 5.49. The molecule has 1 atom stereocenters. The van der Waals surface area contributed by atoms with Crippen LogP contribution in [0.2, 0.25) is 0 Å². The first-order chi connectivity index (χ1) is 7.29. The van der Waals surface area contributed by atoms with E-state index in [0.717, 1.165) is 25.0 Å². The van der Waals surface area contributed by atoms with Crippen LogP contribution in [0, 0.1) is 17.3 Å². The summed E-state index contributed by atoms with van der Waals surface area (Å²) in [4.78, 5) is 10.0. The molecule has 0 saturated carbocycles. The van der Waals surface area contributed by atoms with Crippen LogP contribution in [0.25, 0.3) is 0 Å². The Balaban J connectivity index is 0. The van der Waals surface area contributed by atoms with Crippen LogP contribution in [0.5, 0.6) is 0 Å². The number of carbonyl (C=O) groups excluding carboxylic acids is 1. The van der Waals surface area contributed by atoms with Crippen LogP contribution >= 0.6 is 0 Å². The van der Waals surface area contributed by atoms with E-state index in [4.69, 9.17) is 0 Å². The van der Waals surface area contributed by atoms with Crippen LogP contribution < -0.4 is 0 Å². The van der Waals surface area contributed by atoms with Crippen molar-refractivity contribution in [2.24, 2.45) is 17.3 Å². The molecule has 98 valence electrons. The van der Waals surface area contributed by atoms with Crippen LogP contribution in [-0.4, -0.2) is 6.29 Å². The van der Waals surface area contributed by atoms with Crippen molar-refractivity contribution in [3.8, 4) is 0 Å². The standard InChI is InChI=1S/C8H16O.C7H16/c1-3-5-8(4-2)6-7-9;1-6(2)7(3,4)5/h7-8H,3-6H2,1-2H3;6H,1-5H3. The zero-order chi connectivity index (χ0) is 13.2. The van der Waals surface area contributed by atoms with Gasteiger partial charge in [0.2, 0.25) is 0 Å². The maximum absolute atomic E-state index is 10.0. The lowest BCUT2D eigenvalue weighted by Crippen LogP contribution is -2.12. The molecule has 0 aromatic carbocycles. The van der Waals surface area contributed by atoms with Crippen LogP contribution in [0.1, 0.15) is 74.1 Å². The SMILES string of the molecule is CC(C)C(C)(C)C.CCCC(CC)CC=O. The molecule has 0 rings (SSSR count). The van der Waals surface area contributed by atoms with Crippen molar-refractivity contribution in [3.05, 3.63) is 0 Å². The van der Waals surface area contributed by atoms with E-state index in [2.05, 4.69) is 48.5 Å². The van der Waals surface area contributed by atoms with Gasteiger partial charge in [-0.15, -0.1) is 0 Å². The number of aldehydes is 1. The largest absolute Gasteiger partial charge is 0.303 e. The molecule has 0 amide bonds. The summed E-state index contributed by atoms with van der Waals surface area (Å²) in [5.41, 5.74) is 0.500. The molecular weight excluding hydrogens is 196 g/mol. The number of hydrogen-bond donors (Lipinski definition) is 0. The molecule has 0 N–H and O–H groups in total. The van der Waals surface area contributed by atoms with Gasteiger partial charge in [-0.2, -0.15) is 0 Å². The lowest BCUT2D eigenvalue weighted by atomic mass is 9.84. The van der Waals surface area contributed by atoms with Crippen LogP contribution in [-0.2, 0) is 4.79 Å². The Morgan fingerprint density at radius 2 is 1.56 bits per heavy atom. The third-order valence-corrected chi connectivity index (χ3v) is 3.44. The average Bonchev–Trinajstić information content (AvgIpc) is 2.17. The summed E-state index contributed by atoms with van der Waals surface area (Å²) < 4.78 is 0. The second-order valence-corrected chi connectivity index (χ2v) is 5.99. The van der Waals surface area contributed by atoms with Crippen LogP contribution in [0.15, 0.2) is 0 Å². The molecule has 0 aromatic heterocycles. The highest BCUT2D eigenvalue weighted by Crippen LogP contribution is 2.23. The molecule has 0 bridgehead atoms. The van der Waals surface area contributed by atoms with Crippen molar-refractivity contribution in [3.63, 3.8) is 0 Å². The van der Waals surface area contributed by atoms with Crippen molar-refractivity contribution in [1.29, 1.82) is 0 Å². The Kier molecular flexibility index (Phi) is 11.1. The van der Waals surface area contributed by atoms with Gasteiger partial charge in [-0.05, 0) is 17.3 Å². The van der Waals surface area contributed by atoms with Crippen molar-refractivity contribution >= 4 is 6.29 Å². The predicted molar refractivity (Wildman–Crippen MR) is 73.7 cm³/mol. The zero-order valence-electron chi connectivity index (χ0n) is 12.5. The van der Waals surface area contributed by atoms with Crippen LogP contribution in [0.3, 0.4) is 0 Å². The third-order valence-electron chi connectivity index (χ3n) is 3.44. The van der Waals surface area contributed by atoms with Gasteiger partial charge in [0.25, 0.3) is 0 Å². The van der Waals surface area contributed by atoms with Gasteiger partial charge in [0, 0.05) is 6.42 Å². The van der Waals surface area contributed by atoms with E-state index in [1.54, 1.807) is 0 Å². The summed E-state index contributed by atoms with van der Waals surface area (Å²) in [5, 5.41) is 0. The lowest BCUT2D eigenvalue weighted by molar-refractivity contribution is -0.108. The topological polar surface area (TPSA) is 17.1 Å². The summed E-state index contributed by atoms with van der Waals surface area (Å²) >= 11 is 0. The summed E-state index contributed by atoms with van der Waals surface area (Å²) in [5.74, 6) is 1.44. The van der Waals surface area contributed by atoms with E-state index in [0.29, 0.717) is 11.3 Å². The fourth-order valence-electron chi connectivity index (χ4n) is 1.03. The molecule has 16 heavy (non-hydrogen) atoms. The zero-order valence-corrected chi connectivity index (χ0v) is 12.5. The van der Waals surface area contributed by atoms with E-state index in [9.17, 15) is 4.79 Å². The van der Waals surface area contributed by atoms with Gasteiger partial charge < -0.3 is 4.79 Å². The van der Waals surface area contributed by atoms with Gasteiger partial charge in [-0.3, -0.25) is 0 Å². The fourth-order valence-corrected chi connectivity index (χ4v) is 1.03. The molecule has 0 aliphatic heterocycles. The van der Waals surface area contributed by atoms with Crippen molar-refractivity contribution in [2.75, 3.05) is 0 Å². The average molecular weight is 228 g/mol. The molecule has 0 heterocycles. The second-order valence-electron chi connectivity index (χ2n) is 5.99. The van der Waals surface area contributed by atoms with E-state index in [1.807, 2.05) is 0 Å². The Labute approximate surface area is 103 Å². The van der Waals surface area contributed by atoms with E-state index in [-0.39, 0.29) is 0 Å². The molecule has 0 aromatic rings. The van der Waals surface area contributed by atoms with Gasteiger partial charge in [-0.25, -0.2) is 0 Å². The first-order valence-corrected chi connectivity index (χ1v) is 6.73. The predicted octanol–water partition coefficient (Wildman–Crippen LogP) is 5.09. The maximum atomic E-state index is 10.0. The van der Waals surface area contributed by atoms with Crippen molar-refractivity contribution < 1.29 is 4.79 Å². The Bertz CT molecular complexity index is 153. The smallest absolute Gasteiger partial charge is 0.120 e. The van der Waals surface area contributed by atoms with Gasteiger partial charge in [0.15, 0.2) is 0 Å². The van der Waals surface area contributed by atoms with Crippen molar-refractivity contribution in [1.82, 2.24) is 0 Å². The summed E-state index contributed by atoms with van der Waals surface area (Å²) in [6.07, 6.45) is 5.34. The maximum Gasteiger partial charge on any atom is 0.120 e. The van der Waals surface area contributed by atoms with E-state index >= 15 is 0 Å². The lowest BCUT2D eigenvalue weighted by Gasteiger charge is -2.22. The Hall–Kier alpha value is -0.330. The van der Waals surface area contributed by atoms with Crippen LogP contribution in [0.4, 0.5) is 0 Å².